The second-order valence-electron chi connectivity index (χ2n) is 2.79. The highest BCUT2D eigenvalue weighted by Crippen LogP contribution is 2.12. The fraction of sp³-hybridized carbons (Fsp3) is 0.100. The molecule has 4 heteroatoms. The quantitative estimate of drug-likeness (QED) is 0.662. The Morgan fingerprint density at radius 1 is 1.14 bits per heavy atom. The molecular formula is C10H9NO2S. The van der Waals surface area contributed by atoms with Gasteiger partial charge in [-0.25, -0.2) is 0 Å². The Hall–Kier alpha value is -1.55. The first-order valence-corrected chi connectivity index (χ1v) is 4.67. The van der Waals surface area contributed by atoms with E-state index in [1.54, 1.807) is 0 Å². The largest absolute Gasteiger partial charge is 0.335 e. The number of benzene rings is 1. The Kier molecular flexibility index (Phi) is 3.94. The van der Waals surface area contributed by atoms with Crippen molar-refractivity contribution in [1.29, 1.82) is 0 Å². The maximum absolute atomic E-state index is 8.29. The molecule has 0 radical (unpaired) electrons. The van der Waals surface area contributed by atoms with E-state index in [0.717, 1.165) is 0 Å². The van der Waals surface area contributed by atoms with E-state index in [4.69, 9.17) is 8.42 Å². The third kappa shape index (κ3) is 2.74. The topological polar surface area (TPSA) is 47.0 Å². The highest BCUT2D eigenvalue weighted by molar-refractivity contribution is 7.51. The number of hydrogen-bond acceptors (Lipinski definition) is 3. The zero-order chi connectivity index (χ0) is 10.4. The highest BCUT2D eigenvalue weighted by atomic mass is 32.1. The Bertz CT molecular complexity index is 464. The lowest BCUT2D eigenvalue weighted by Crippen LogP contribution is -1.75. The molecule has 0 aliphatic heterocycles. The van der Waals surface area contributed by atoms with Crippen LogP contribution < -0.4 is 0 Å². The van der Waals surface area contributed by atoms with Gasteiger partial charge in [0, 0.05) is 17.8 Å². The summed E-state index contributed by atoms with van der Waals surface area (Å²) in [5.41, 5.74) is 1.30. The average Bonchev–Trinajstić information content (AvgIpc) is 2.19. The predicted molar refractivity (Wildman–Crippen MR) is 55.4 cm³/mol. The van der Waals surface area contributed by atoms with Crippen molar-refractivity contribution in [2.24, 2.45) is 0 Å². The molecule has 1 heterocycles. The van der Waals surface area contributed by atoms with E-state index in [1.807, 2.05) is 18.5 Å². The fourth-order valence-electron chi connectivity index (χ4n) is 1.20. The molecule has 0 atom stereocenters. The molecule has 2 aromatic rings. The first-order chi connectivity index (χ1) is 6.77. The van der Waals surface area contributed by atoms with Gasteiger partial charge in [0.1, 0.15) is 0 Å². The summed E-state index contributed by atoms with van der Waals surface area (Å²) in [6, 6.07) is 8.39. The van der Waals surface area contributed by atoms with Crippen molar-refractivity contribution in [3.05, 3.63) is 42.2 Å². The number of nitrogens with zero attached hydrogens (tertiary/aromatic N) is 1. The maximum atomic E-state index is 8.29. The number of hydrogen-bond donors (Lipinski definition) is 0. The molecule has 1 aromatic carbocycles. The number of fused-ring (bicyclic) bond motifs is 1. The summed E-state index contributed by atoms with van der Waals surface area (Å²) in [7, 11) is 0. The predicted octanol–water partition coefficient (Wildman–Crippen LogP) is 1.87. The van der Waals surface area contributed by atoms with Crippen LogP contribution in [-0.4, -0.2) is 13.4 Å². The summed E-state index contributed by atoms with van der Waals surface area (Å²) in [6.45, 7) is 2.10. The molecule has 3 nitrogen and oxygen atoms in total. The van der Waals surface area contributed by atoms with Gasteiger partial charge in [0.25, 0.3) is 0 Å². The summed E-state index contributed by atoms with van der Waals surface area (Å²) in [5, 5.41) is 2.47. The molecule has 0 bridgehead atoms. The molecule has 1 aromatic heterocycles. The lowest BCUT2D eigenvalue weighted by Gasteiger charge is -1.96. The van der Waals surface area contributed by atoms with E-state index in [1.165, 1.54) is 16.3 Å². The van der Waals surface area contributed by atoms with Crippen LogP contribution in [-0.2, 0) is 11.6 Å². The zero-order valence-electron chi connectivity index (χ0n) is 7.64. The third-order valence-corrected chi connectivity index (χ3v) is 1.80. The highest BCUT2D eigenvalue weighted by Gasteiger charge is 1.90. The van der Waals surface area contributed by atoms with Crippen LogP contribution in [0.2, 0.25) is 0 Å². The molecular weight excluding hydrogens is 198 g/mol. The molecule has 72 valence electrons. The van der Waals surface area contributed by atoms with Gasteiger partial charge in [-0.15, -0.1) is 0 Å². The third-order valence-electron chi connectivity index (χ3n) is 1.80. The van der Waals surface area contributed by atoms with Crippen LogP contribution in [0.1, 0.15) is 5.56 Å². The smallest absolute Gasteiger partial charge is 0.264 e. The monoisotopic (exact) mass is 207 g/mol. The van der Waals surface area contributed by atoms with Gasteiger partial charge in [-0.1, -0.05) is 23.8 Å². The number of aryl methyl sites for hydroxylation is 1. The van der Waals surface area contributed by atoms with Gasteiger partial charge in [-0.3, -0.25) is 4.98 Å². The van der Waals surface area contributed by atoms with Gasteiger partial charge >= 0.3 is 11.6 Å². The summed E-state index contributed by atoms with van der Waals surface area (Å²) in [5.74, 6) is 0. The van der Waals surface area contributed by atoms with Gasteiger partial charge in [-0.2, -0.15) is 8.42 Å². The van der Waals surface area contributed by atoms with Gasteiger partial charge in [0.2, 0.25) is 0 Å². The molecule has 0 saturated heterocycles. The second kappa shape index (κ2) is 5.24. The number of pyridine rings is 1. The van der Waals surface area contributed by atoms with E-state index < -0.39 is 11.6 Å². The minimum absolute atomic E-state index is 0.750. The molecule has 0 aliphatic rings. The lowest BCUT2D eigenvalue weighted by molar-refractivity contribution is 0.630. The van der Waals surface area contributed by atoms with Crippen LogP contribution in [0.3, 0.4) is 0 Å². The van der Waals surface area contributed by atoms with Crippen LogP contribution in [0.5, 0.6) is 0 Å². The molecule has 0 amide bonds. The first-order valence-electron chi connectivity index (χ1n) is 4.00. The van der Waals surface area contributed by atoms with Gasteiger partial charge in [0.15, 0.2) is 0 Å². The Morgan fingerprint density at radius 3 is 2.57 bits per heavy atom. The normalized spacial score (nSPS) is 8.93. The standard InChI is InChI=1S/C10H9N.O2S/c1-8-2-3-10-7-11-5-4-9(10)6-8;1-3-2/h2-7H,1H3;. The van der Waals surface area contributed by atoms with Crippen molar-refractivity contribution in [2.75, 3.05) is 0 Å². The van der Waals surface area contributed by atoms with E-state index in [0.29, 0.717) is 0 Å². The summed E-state index contributed by atoms with van der Waals surface area (Å²) in [4.78, 5) is 4.04. The molecule has 14 heavy (non-hydrogen) atoms. The van der Waals surface area contributed by atoms with Crippen LogP contribution >= 0.6 is 0 Å². The first kappa shape index (κ1) is 10.5. The Balaban J connectivity index is 0.000000293. The SMILES string of the molecule is Cc1ccc2cnccc2c1.O=S=O. The molecule has 0 saturated carbocycles. The average molecular weight is 207 g/mol. The van der Waals surface area contributed by atoms with Crippen molar-refractivity contribution in [3.8, 4) is 0 Å². The minimum atomic E-state index is -0.750. The molecule has 0 fully saturated rings. The number of aromatic nitrogens is 1. The summed E-state index contributed by atoms with van der Waals surface area (Å²) in [6.07, 6.45) is 3.70. The summed E-state index contributed by atoms with van der Waals surface area (Å²) >= 11 is -0.750. The summed E-state index contributed by atoms with van der Waals surface area (Å²) < 4.78 is 16.6. The van der Waals surface area contributed by atoms with E-state index in [9.17, 15) is 0 Å². The van der Waals surface area contributed by atoms with E-state index >= 15 is 0 Å². The minimum Gasteiger partial charge on any atom is -0.264 e. The van der Waals surface area contributed by atoms with Gasteiger partial charge < -0.3 is 0 Å². The lowest BCUT2D eigenvalue weighted by atomic mass is 10.1. The van der Waals surface area contributed by atoms with Crippen LogP contribution in [0.25, 0.3) is 10.8 Å². The number of rotatable bonds is 0. The molecule has 0 unspecified atom stereocenters. The Labute approximate surface area is 85.4 Å². The zero-order valence-corrected chi connectivity index (χ0v) is 8.45. The fourth-order valence-corrected chi connectivity index (χ4v) is 1.20. The van der Waals surface area contributed by atoms with E-state index in [-0.39, 0.29) is 0 Å². The second-order valence-corrected chi connectivity index (χ2v) is 2.93. The van der Waals surface area contributed by atoms with Crippen LogP contribution in [0.15, 0.2) is 36.7 Å². The molecule has 0 spiro atoms. The van der Waals surface area contributed by atoms with Crippen LogP contribution in [0.4, 0.5) is 0 Å². The van der Waals surface area contributed by atoms with Crippen molar-refractivity contribution in [2.45, 2.75) is 6.92 Å². The molecule has 0 aliphatic carbocycles. The van der Waals surface area contributed by atoms with Crippen molar-refractivity contribution < 1.29 is 8.42 Å². The van der Waals surface area contributed by atoms with Crippen molar-refractivity contribution in [1.82, 2.24) is 4.98 Å². The van der Waals surface area contributed by atoms with E-state index in [2.05, 4.69) is 30.1 Å². The van der Waals surface area contributed by atoms with Gasteiger partial charge in [-0.05, 0) is 18.4 Å². The van der Waals surface area contributed by atoms with Gasteiger partial charge in [0.05, 0.1) is 0 Å². The van der Waals surface area contributed by atoms with Crippen molar-refractivity contribution in [3.63, 3.8) is 0 Å². The van der Waals surface area contributed by atoms with Crippen LogP contribution in [0, 0.1) is 6.92 Å². The maximum Gasteiger partial charge on any atom is 0.335 e. The Morgan fingerprint density at radius 2 is 1.86 bits per heavy atom. The van der Waals surface area contributed by atoms with Crippen molar-refractivity contribution >= 4 is 22.3 Å². The molecule has 2 rings (SSSR count). The molecule has 0 N–H and O–H groups in total.